The van der Waals surface area contributed by atoms with Gasteiger partial charge >= 0.3 is 0 Å². The Balaban J connectivity index is 1.91. The molecule has 0 aromatic heterocycles. The van der Waals surface area contributed by atoms with Gasteiger partial charge in [-0.25, -0.2) is 0 Å². The van der Waals surface area contributed by atoms with Crippen LogP contribution in [-0.4, -0.2) is 12.5 Å². The minimum absolute atomic E-state index is 0.0698. The lowest BCUT2D eigenvalue weighted by atomic mass is 10.1. The maximum atomic E-state index is 12.2. The summed E-state index contributed by atoms with van der Waals surface area (Å²) in [5.74, 6) is 0.733. The summed E-state index contributed by atoms with van der Waals surface area (Å²) in [7, 11) is 0. The molecule has 0 fully saturated rings. The highest BCUT2D eigenvalue weighted by Crippen LogP contribution is 2.31. The fourth-order valence-electron chi connectivity index (χ4n) is 2.43. The third-order valence-corrected chi connectivity index (χ3v) is 3.44. The number of anilines is 1. The molecule has 4 heteroatoms. The van der Waals surface area contributed by atoms with Gasteiger partial charge in [0.15, 0.2) is 0 Å². The van der Waals surface area contributed by atoms with Crippen LogP contribution in [0.2, 0.25) is 0 Å². The van der Waals surface area contributed by atoms with Gasteiger partial charge in [-0.15, -0.1) is 0 Å². The molecule has 0 aliphatic carbocycles. The molecule has 4 nitrogen and oxygen atoms in total. The van der Waals surface area contributed by atoms with Gasteiger partial charge < -0.3 is 15.4 Å². The van der Waals surface area contributed by atoms with Gasteiger partial charge in [0, 0.05) is 11.3 Å². The summed E-state index contributed by atoms with van der Waals surface area (Å²) in [5, 5.41) is 6.32. The molecule has 21 heavy (non-hydrogen) atoms. The largest absolute Gasteiger partial charge is 0.493 e. The van der Waals surface area contributed by atoms with Crippen LogP contribution < -0.4 is 15.4 Å². The summed E-state index contributed by atoms with van der Waals surface area (Å²) in [6.07, 6.45) is 0.669. The average molecular weight is 282 g/mol. The highest BCUT2D eigenvalue weighted by Gasteiger charge is 2.25. The van der Waals surface area contributed by atoms with Crippen molar-refractivity contribution in [3.8, 4) is 5.75 Å². The van der Waals surface area contributed by atoms with Crippen molar-refractivity contribution in [2.75, 3.05) is 11.9 Å². The zero-order valence-corrected chi connectivity index (χ0v) is 11.9. The molecule has 3 rings (SSSR count). The van der Waals surface area contributed by atoms with Crippen molar-refractivity contribution in [3.63, 3.8) is 0 Å². The van der Waals surface area contributed by atoms with E-state index in [0.717, 1.165) is 23.4 Å². The van der Waals surface area contributed by atoms with Crippen LogP contribution in [0.25, 0.3) is 0 Å². The van der Waals surface area contributed by atoms with Crippen molar-refractivity contribution in [1.29, 1.82) is 0 Å². The Morgan fingerprint density at radius 3 is 2.67 bits per heavy atom. The third kappa shape index (κ3) is 2.70. The van der Waals surface area contributed by atoms with Crippen LogP contribution in [0.1, 0.15) is 35.4 Å². The number of nitrogens with one attached hydrogen (secondary N) is 2. The Hall–Kier alpha value is -2.49. The zero-order chi connectivity index (χ0) is 14.7. The predicted octanol–water partition coefficient (Wildman–Crippen LogP) is 3.33. The quantitative estimate of drug-likeness (QED) is 0.904. The summed E-state index contributed by atoms with van der Waals surface area (Å²) in [6.45, 7) is 2.73. The zero-order valence-electron chi connectivity index (χ0n) is 11.9. The van der Waals surface area contributed by atoms with Gasteiger partial charge in [0.1, 0.15) is 11.9 Å². The molecular weight excluding hydrogens is 264 g/mol. The fraction of sp³-hybridized carbons (Fsp3) is 0.235. The number of amides is 1. The van der Waals surface area contributed by atoms with E-state index in [1.807, 2.05) is 48.5 Å². The maximum absolute atomic E-state index is 12.2. The van der Waals surface area contributed by atoms with Gasteiger partial charge in [0.05, 0.1) is 12.2 Å². The molecule has 1 atom stereocenters. The molecule has 1 aliphatic heterocycles. The molecule has 0 spiro atoms. The number of carbonyl (C=O) groups is 1. The van der Waals surface area contributed by atoms with Crippen LogP contribution >= 0.6 is 0 Å². The molecule has 0 bridgehead atoms. The van der Waals surface area contributed by atoms with E-state index in [9.17, 15) is 4.79 Å². The molecule has 108 valence electrons. The summed E-state index contributed by atoms with van der Waals surface area (Å²) >= 11 is 0. The van der Waals surface area contributed by atoms with Crippen LogP contribution in [0.3, 0.4) is 0 Å². The van der Waals surface area contributed by atoms with Gasteiger partial charge in [-0.2, -0.15) is 0 Å². The summed E-state index contributed by atoms with van der Waals surface area (Å²) in [4.78, 5) is 12.2. The van der Waals surface area contributed by atoms with E-state index >= 15 is 0 Å². The highest BCUT2D eigenvalue weighted by molar-refractivity contribution is 6.01. The van der Waals surface area contributed by atoms with Gasteiger partial charge in [-0.05, 0) is 24.6 Å². The second kappa shape index (κ2) is 5.87. The Morgan fingerprint density at radius 2 is 1.81 bits per heavy atom. The lowest BCUT2D eigenvalue weighted by Crippen LogP contribution is -2.38. The molecule has 0 saturated carbocycles. The molecule has 2 aromatic carbocycles. The van der Waals surface area contributed by atoms with Gasteiger partial charge in [-0.1, -0.05) is 37.3 Å². The van der Waals surface area contributed by atoms with Crippen LogP contribution in [0.15, 0.2) is 48.5 Å². The minimum Gasteiger partial charge on any atom is -0.493 e. The first-order chi connectivity index (χ1) is 10.3. The van der Waals surface area contributed by atoms with E-state index in [-0.39, 0.29) is 12.1 Å². The van der Waals surface area contributed by atoms with Crippen molar-refractivity contribution in [2.45, 2.75) is 19.5 Å². The average Bonchev–Trinajstić information content (AvgIpc) is 2.53. The van der Waals surface area contributed by atoms with E-state index in [1.54, 1.807) is 0 Å². The normalized spacial score (nSPS) is 16.6. The Labute approximate surface area is 124 Å². The van der Waals surface area contributed by atoms with E-state index in [2.05, 4.69) is 17.6 Å². The fourth-order valence-corrected chi connectivity index (χ4v) is 2.43. The van der Waals surface area contributed by atoms with Crippen molar-refractivity contribution in [2.24, 2.45) is 0 Å². The molecule has 0 radical (unpaired) electrons. The molecule has 1 unspecified atom stereocenters. The molecule has 1 amide bonds. The van der Waals surface area contributed by atoms with E-state index in [0.29, 0.717) is 12.2 Å². The van der Waals surface area contributed by atoms with Crippen molar-refractivity contribution in [3.05, 3.63) is 59.7 Å². The molecular formula is C17H18N2O2. The van der Waals surface area contributed by atoms with Crippen LogP contribution in [0.5, 0.6) is 5.75 Å². The van der Waals surface area contributed by atoms with Gasteiger partial charge in [0.2, 0.25) is 0 Å². The molecule has 2 N–H and O–H groups in total. The van der Waals surface area contributed by atoms with Gasteiger partial charge in [0.25, 0.3) is 5.91 Å². The van der Waals surface area contributed by atoms with E-state index in [1.165, 1.54) is 0 Å². The van der Waals surface area contributed by atoms with E-state index < -0.39 is 0 Å². The topological polar surface area (TPSA) is 50.4 Å². The van der Waals surface area contributed by atoms with Crippen LogP contribution in [0.4, 0.5) is 5.69 Å². The molecule has 0 saturated heterocycles. The number of benzene rings is 2. The number of ether oxygens (including phenoxy) is 1. The Bertz CT molecular complexity index is 655. The first-order valence-corrected chi connectivity index (χ1v) is 7.17. The molecule has 2 aromatic rings. The number of rotatable bonds is 4. The van der Waals surface area contributed by atoms with Crippen molar-refractivity contribution < 1.29 is 9.53 Å². The van der Waals surface area contributed by atoms with E-state index in [4.69, 9.17) is 4.74 Å². The van der Waals surface area contributed by atoms with Crippen LogP contribution in [0, 0.1) is 0 Å². The number of hydrogen-bond acceptors (Lipinski definition) is 3. The predicted molar refractivity (Wildman–Crippen MR) is 82.5 cm³/mol. The number of carbonyl (C=O) groups excluding carboxylic acids is 1. The second-order valence-corrected chi connectivity index (χ2v) is 4.98. The lowest BCUT2D eigenvalue weighted by Gasteiger charge is -2.29. The first-order valence-electron chi connectivity index (χ1n) is 7.17. The molecule has 1 aliphatic rings. The Morgan fingerprint density at radius 1 is 1.05 bits per heavy atom. The summed E-state index contributed by atoms with van der Waals surface area (Å²) < 4.78 is 5.77. The number of hydrogen-bond donors (Lipinski definition) is 2. The standard InChI is InChI=1S/C17H18N2O2/c1-2-11-21-15-10-6-4-8-13(15)16-18-14-9-5-3-7-12(14)17(20)19-16/h3-10,16,18H,2,11H2,1H3,(H,19,20). The maximum Gasteiger partial charge on any atom is 0.255 e. The molecule has 1 heterocycles. The van der Waals surface area contributed by atoms with Gasteiger partial charge in [-0.3, -0.25) is 4.79 Å². The van der Waals surface area contributed by atoms with Crippen molar-refractivity contribution in [1.82, 2.24) is 5.32 Å². The van der Waals surface area contributed by atoms with Crippen molar-refractivity contribution >= 4 is 11.6 Å². The number of para-hydroxylation sites is 2. The third-order valence-electron chi connectivity index (χ3n) is 3.44. The highest BCUT2D eigenvalue weighted by atomic mass is 16.5. The van der Waals surface area contributed by atoms with Crippen LogP contribution in [-0.2, 0) is 0 Å². The minimum atomic E-state index is -0.277. The lowest BCUT2D eigenvalue weighted by molar-refractivity contribution is 0.0935. The smallest absolute Gasteiger partial charge is 0.255 e. The summed E-state index contributed by atoms with van der Waals surface area (Å²) in [5.41, 5.74) is 2.45. The SMILES string of the molecule is CCCOc1ccccc1C1NC(=O)c2ccccc2N1. The summed E-state index contributed by atoms with van der Waals surface area (Å²) in [6, 6.07) is 15.3. The number of fused-ring (bicyclic) bond motifs is 1. The first kappa shape index (κ1) is 13.5. The Kier molecular flexibility index (Phi) is 3.77. The monoisotopic (exact) mass is 282 g/mol. The second-order valence-electron chi connectivity index (χ2n) is 4.98.